The van der Waals surface area contributed by atoms with Gasteiger partial charge in [0, 0.05) is 37.1 Å². The van der Waals surface area contributed by atoms with Gasteiger partial charge in [0.1, 0.15) is 0 Å². The van der Waals surface area contributed by atoms with Crippen LogP contribution in [0.15, 0.2) is 24.5 Å². The van der Waals surface area contributed by atoms with Gasteiger partial charge >= 0.3 is 0 Å². The van der Waals surface area contributed by atoms with Gasteiger partial charge in [-0.3, -0.25) is 19.7 Å². The second-order valence-electron chi connectivity index (χ2n) is 6.36. The summed E-state index contributed by atoms with van der Waals surface area (Å²) < 4.78 is 5.25. The lowest BCUT2D eigenvalue weighted by molar-refractivity contribution is -0.0574. The maximum Gasteiger partial charge on any atom is 0.251 e. The molecule has 2 fully saturated rings. The Bertz CT molecular complexity index is 744. The van der Waals surface area contributed by atoms with Crippen LogP contribution in [-0.4, -0.2) is 59.2 Å². The molecule has 120 valence electrons. The third-order valence-electron chi connectivity index (χ3n) is 4.75. The minimum absolute atomic E-state index is 0.0215. The molecule has 1 aromatic heterocycles. The van der Waals surface area contributed by atoms with Crippen molar-refractivity contribution in [1.82, 2.24) is 20.2 Å². The van der Waals surface area contributed by atoms with Crippen molar-refractivity contribution in [2.24, 2.45) is 0 Å². The maximum absolute atomic E-state index is 12.6. The minimum Gasteiger partial charge on any atom is -0.378 e. The van der Waals surface area contributed by atoms with E-state index in [1.54, 1.807) is 12.4 Å². The predicted octanol–water partition coefficient (Wildman–Crippen LogP) is 1.14. The first kappa shape index (κ1) is 14.5. The number of hydrogen-bond acceptors (Lipinski definition) is 5. The van der Waals surface area contributed by atoms with Crippen molar-refractivity contribution in [3.8, 4) is 0 Å². The summed E-state index contributed by atoms with van der Waals surface area (Å²) in [6.07, 6.45) is 4.31. The second-order valence-corrected chi connectivity index (χ2v) is 6.36. The fraction of sp³-hybridized carbons (Fsp3) is 0.471. The van der Waals surface area contributed by atoms with Crippen molar-refractivity contribution in [2.75, 3.05) is 26.3 Å². The molecule has 2 saturated heterocycles. The van der Waals surface area contributed by atoms with Crippen molar-refractivity contribution in [2.45, 2.75) is 25.4 Å². The molecule has 0 aliphatic carbocycles. The molecule has 0 bridgehead atoms. The number of hydrogen-bond donors (Lipinski definition) is 1. The summed E-state index contributed by atoms with van der Waals surface area (Å²) in [4.78, 5) is 23.6. The van der Waals surface area contributed by atoms with Crippen molar-refractivity contribution < 1.29 is 9.53 Å². The molecule has 1 atom stereocenters. The standard InChI is InChI=1S/C17H20N4O2/c1-11-6-15-16(19-4-3-18-15)7-14(11)17(22)20-12-2-5-21(8-12)13-9-23-10-13/h3-4,6-7,12-13H,2,5,8-10H2,1H3,(H,20,22). The van der Waals surface area contributed by atoms with Gasteiger partial charge in [-0.1, -0.05) is 0 Å². The molecule has 4 rings (SSSR count). The largest absolute Gasteiger partial charge is 0.378 e. The van der Waals surface area contributed by atoms with Crippen LogP contribution in [0, 0.1) is 6.92 Å². The van der Waals surface area contributed by atoms with E-state index < -0.39 is 0 Å². The number of likely N-dealkylation sites (tertiary alicyclic amines) is 1. The normalized spacial score (nSPS) is 22.2. The zero-order chi connectivity index (χ0) is 15.8. The average Bonchev–Trinajstić information content (AvgIpc) is 2.92. The Morgan fingerprint density at radius 3 is 2.70 bits per heavy atom. The number of ether oxygens (including phenoxy) is 1. The topological polar surface area (TPSA) is 67.4 Å². The van der Waals surface area contributed by atoms with Crippen molar-refractivity contribution >= 4 is 16.9 Å². The number of aromatic nitrogens is 2. The van der Waals surface area contributed by atoms with Crippen LogP contribution >= 0.6 is 0 Å². The van der Waals surface area contributed by atoms with Crippen LogP contribution in [0.3, 0.4) is 0 Å². The first-order chi connectivity index (χ1) is 11.2. The molecule has 2 aliphatic rings. The summed E-state index contributed by atoms with van der Waals surface area (Å²) in [6.45, 7) is 5.52. The van der Waals surface area contributed by atoms with Crippen LogP contribution in [0.25, 0.3) is 11.0 Å². The Labute approximate surface area is 134 Å². The highest BCUT2D eigenvalue weighted by molar-refractivity contribution is 5.99. The lowest BCUT2D eigenvalue weighted by Crippen LogP contribution is -2.49. The number of amides is 1. The molecule has 1 unspecified atom stereocenters. The van der Waals surface area contributed by atoms with Gasteiger partial charge in [0.2, 0.25) is 0 Å². The van der Waals surface area contributed by atoms with E-state index >= 15 is 0 Å². The Balaban J connectivity index is 1.47. The number of benzene rings is 1. The van der Waals surface area contributed by atoms with Crippen LogP contribution < -0.4 is 5.32 Å². The number of nitrogens with one attached hydrogen (secondary N) is 1. The van der Waals surface area contributed by atoms with Gasteiger partial charge in [-0.05, 0) is 31.0 Å². The fourth-order valence-corrected chi connectivity index (χ4v) is 3.29. The number of rotatable bonds is 3. The molecule has 0 saturated carbocycles. The van der Waals surface area contributed by atoms with Gasteiger partial charge in [-0.2, -0.15) is 0 Å². The lowest BCUT2D eigenvalue weighted by atomic mass is 10.1. The summed E-state index contributed by atoms with van der Waals surface area (Å²) in [6, 6.07) is 4.50. The SMILES string of the molecule is Cc1cc2nccnc2cc1C(=O)NC1CCN(C2COC2)C1. The summed E-state index contributed by atoms with van der Waals surface area (Å²) in [5, 5.41) is 3.16. The third-order valence-corrected chi connectivity index (χ3v) is 4.75. The van der Waals surface area contributed by atoms with Crippen molar-refractivity contribution in [1.29, 1.82) is 0 Å². The number of aryl methyl sites for hydroxylation is 1. The third kappa shape index (κ3) is 2.80. The zero-order valence-corrected chi connectivity index (χ0v) is 13.2. The minimum atomic E-state index is -0.0215. The van der Waals surface area contributed by atoms with Crippen LogP contribution in [-0.2, 0) is 4.74 Å². The highest BCUT2D eigenvalue weighted by atomic mass is 16.5. The summed E-state index contributed by atoms with van der Waals surface area (Å²) in [7, 11) is 0. The van der Waals surface area contributed by atoms with E-state index in [4.69, 9.17) is 4.74 Å². The van der Waals surface area contributed by atoms with Crippen LogP contribution in [0.4, 0.5) is 0 Å². The van der Waals surface area contributed by atoms with E-state index in [1.807, 2.05) is 19.1 Å². The summed E-state index contributed by atoms with van der Waals surface area (Å²) in [5.74, 6) is -0.0215. The highest BCUT2D eigenvalue weighted by Crippen LogP contribution is 2.20. The smallest absolute Gasteiger partial charge is 0.251 e. The number of fused-ring (bicyclic) bond motifs is 1. The van der Waals surface area contributed by atoms with Gasteiger partial charge in [-0.25, -0.2) is 0 Å². The van der Waals surface area contributed by atoms with Crippen molar-refractivity contribution in [3.05, 3.63) is 35.7 Å². The highest BCUT2D eigenvalue weighted by Gasteiger charge is 2.33. The van der Waals surface area contributed by atoms with Gasteiger partial charge in [0.15, 0.2) is 0 Å². The Morgan fingerprint density at radius 2 is 2.00 bits per heavy atom. The van der Waals surface area contributed by atoms with Crippen molar-refractivity contribution in [3.63, 3.8) is 0 Å². The van der Waals surface area contributed by atoms with E-state index in [-0.39, 0.29) is 11.9 Å². The first-order valence-corrected chi connectivity index (χ1v) is 8.05. The molecule has 1 N–H and O–H groups in total. The Kier molecular flexibility index (Phi) is 3.71. The van der Waals surface area contributed by atoms with Gasteiger partial charge in [0.25, 0.3) is 5.91 Å². The molecule has 1 aromatic carbocycles. The summed E-state index contributed by atoms with van der Waals surface area (Å²) in [5.41, 5.74) is 3.18. The molecule has 2 aromatic rings. The van der Waals surface area contributed by atoms with E-state index in [0.29, 0.717) is 11.6 Å². The van der Waals surface area contributed by atoms with Crippen LogP contribution in [0.2, 0.25) is 0 Å². The molecule has 2 aliphatic heterocycles. The average molecular weight is 312 g/mol. The van der Waals surface area contributed by atoms with E-state index in [0.717, 1.165) is 49.3 Å². The number of carbonyl (C=O) groups excluding carboxylic acids is 1. The predicted molar refractivity (Wildman–Crippen MR) is 86.3 cm³/mol. The molecular formula is C17H20N4O2. The molecular weight excluding hydrogens is 292 g/mol. The molecule has 0 spiro atoms. The quantitative estimate of drug-likeness (QED) is 0.920. The number of carbonyl (C=O) groups is 1. The second kappa shape index (κ2) is 5.86. The lowest BCUT2D eigenvalue weighted by Gasteiger charge is -2.34. The Hall–Kier alpha value is -2.05. The van der Waals surface area contributed by atoms with Crippen LogP contribution in [0.5, 0.6) is 0 Å². The van der Waals surface area contributed by atoms with E-state index in [9.17, 15) is 4.79 Å². The van der Waals surface area contributed by atoms with Gasteiger partial charge in [0.05, 0.1) is 30.3 Å². The molecule has 1 amide bonds. The maximum atomic E-state index is 12.6. The summed E-state index contributed by atoms with van der Waals surface area (Å²) >= 11 is 0. The van der Waals surface area contributed by atoms with Gasteiger partial charge < -0.3 is 10.1 Å². The first-order valence-electron chi connectivity index (χ1n) is 8.05. The van der Waals surface area contributed by atoms with E-state index in [1.165, 1.54) is 0 Å². The molecule has 3 heterocycles. The Morgan fingerprint density at radius 1 is 1.26 bits per heavy atom. The molecule has 6 nitrogen and oxygen atoms in total. The molecule has 6 heteroatoms. The zero-order valence-electron chi connectivity index (χ0n) is 13.2. The van der Waals surface area contributed by atoms with E-state index in [2.05, 4.69) is 20.2 Å². The monoisotopic (exact) mass is 312 g/mol. The van der Waals surface area contributed by atoms with Crippen LogP contribution in [0.1, 0.15) is 22.3 Å². The fourth-order valence-electron chi connectivity index (χ4n) is 3.29. The van der Waals surface area contributed by atoms with Gasteiger partial charge in [-0.15, -0.1) is 0 Å². The number of nitrogens with zero attached hydrogens (tertiary/aromatic N) is 3. The molecule has 23 heavy (non-hydrogen) atoms. The molecule has 0 radical (unpaired) electrons.